The summed E-state index contributed by atoms with van der Waals surface area (Å²) in [5.41, 5.74) is 2.72. The normalized spacial score (nSPS) is 25.1. The van der Waals surface area contributed by atoms with Gasteiger partial charge in [0.1, 0.15) is 6.61 Å². The van der Waals surface area contributed by atoms with E-state index in [9.17, 15) is 0 Å². The van der Waals surface area contributed by atoms with Gasteiger partial charge in [-0.3, -0.25) is 4.90 Å². The fourth-order valence-corrected chi connectivity index (χ4v) is 4.48. The highest BCUT2D eigenvalue weighted by molar-refractivity contribution is 5.49. The lowest BCUT2D eigenvalue weighted by molar-refractivity contribution is -0.0971. The molecule has 1 saturated heterocycles. The topological polar surface area (TPSA) is 40.2 Å². The van der Waals surface area contributed by atoms with Crippen molar-refractivity contribution in [3.8, 4) is 11.5 Å². The monoisotopic (exact) mass is 389 g/mol. The number of hydrogen-bond acceptors (Lipinski definition) is 5. The lowest BCUT2D eigenvalue weighted by atomic mass is 9.85. The Kier molecular flexibility index (Phi) is 5.86. The predicted molar refractivity (Wildman–Crippen MR) is 109 cm³/mol. The molecular weight excluding hydrogens is 354 g/mol. The molecule has 1 aliphatic carbocycles. The number of rotatable bonds is 7. The fraction of sp³-hybridized carbons (Fsp3) is 0.739. The summed E-state index contributed by atoms with van der Waals surface area (Å²) in [5, 5.41) is 0. The second kappa shape index (κ2) is 8.21. The summed E-state index contributed by atoms with van der Waals surface area (Å²) in [6.07, 6.45) is 6.48. The van der Waals surface area contributed by atoms with E-state index in [4.69, 9.17) is 18.9 Å². The van der Waals surface area contributed by atoms with Gasteiger partial charge < -0.3 is 18.9 Å². The first-order valence-corrected chi connectivity index (χ1v) is 10.8. The molecule has 2 aliphatic heterocycles. The Morgan fingerprint density at radius 3 is 2.50 bits per heavy atom. The number of fused-ring (bicyclic) bond motifs is 3. The van der Waals surface area contributed by atoms with Gasteiger partial charge in [0.25, 0.3) is 0 Å². The third-order valence-corrected chi connectivity index (χ3v) is 5.83. The first-order chi connectivity index (χ1) is 13.4. The van der Waals surface area contributed by atoms with E-state index in [1.54, 1.807) is 7.11 Å². The Labute approximate surface area is 169 Å². The van der Waals surface area contributed by atoms with Gasteiger partial charge in [-0.2, -0.15) is 0 Å². The average molecular weight is 390 g/mol. The molecule has 0 radical (unpaired) electrons. The Bertz CT molecular complexity index is 680. The molecule has 4 rings (SSSR count). The van der Waals surface area contributed by atoms with Crippen LogP contribution in [0, 0.1) is 0 Å². The summed E-state index contributed by atoms with van der Waals surface area (Å²) >= 11 is 0. The number of hydrogen-bond donors (Lipinski definition) is 0. The van der Waals surface area contributed by atoms with Gasteiger partial charge in [-0.1, -0.05) is 0 Å². The summed E-state index contributed by atoms with van der Waals surface area (Å²) in [6, 6.07) is 4.86. The van der Waals surface area contributed by atoms with Crippen LogP contribution in [0.3, 0.4) is 0 Å². The van der Waals surface area contributed by atoms with Crippen molar-refractivity contribution in [1.29, 1.82) is 0 Å². The van der Waals surface area contributed by atoms with Crippen LogP contribution >= 0.6 is 0 Å². The van der Waals surface area contributed by atoms with Crippen molar-refractivity contribution in [2.45, 2.75) is 76.7 Å². The first-order valence-electron chi connectivity index (χ1n) is 10.8. The number of nitrogens with zero attached hydrogens (tertiary/aromatic N) is 1. The average Bonchev–Trinajstić information content (AvgIpc) is 3.47. The van der Waals surface area contributed by atoms with Crippen LogP contribution in [-0.4, -0.2) is 56.1 Å². The second-order valence-electron chi connectivity index (χ2n) is 9.31. The van der Waals surface area contributed by atoms with Gasteiger partial charge in [0, 0.05) is 19.1 Å². The van der Waals surface area contributed by atoms with Crippen LogP contribution in [0.2, 0.25) is 0 Å². The van der Waals surface area contributed by atoms with Gasteiger partial charge in [-0.05, 0) is 76.1 Å². The van der Waals surface area contributed by atoms with Crippen LogP contribution in [0.5, 0.6) is 11.5 Å². The molecule has 1 aromatic carbocycles. The zero-order chi connectivity index (χ0) is 19.7. The van der Waals surface area contributed by atoms with Crippen molar-refractivity contribution < 1.29 is 18.9 Å². The van der Waals surface area contributed by atoms with E-state index in [0.29, 0.717) is 31.5 Å². The van der Waals surface area contributed by atoms with Crippen LogP contribution in [0.15, 0.2) is 12.1 Å². The molecule has 0 spiro atoms. The highest BCUT2D eigenvalue weighted by Gasteiger charge is 2.35. The van der Waals surface area contributed by atoms with Crippen LogP contribution in [0.4, 0.5) is 0 Å². The summed E-state index contributed by atoms with van der Waals surface area (Å²) in [5.74, 6) is 1.68. The highest BCUT2D eigenvalue weighted by atomic mass is 16.5. The van der Waals surface area contributed by atoms with Crippen molar-refractivity contribution in [2.24, 2.45) is 0 Å². The Hall–Kier alpha value is -1.30. The molecule has 0 amide bonds. The zero-order valence-electron chi connectivity index (χ0n) is 17.8. The lowest BCUT2D eigenvalue weighted by Crippen LogP contribution is -2.47. The third kappa shape index (κ3) is 4.81. The molecule has 2 fully saturated rings. The molecule has 5 nitrogen and oxygen atoms in total. The molecule has 0 N–H and O–H groups in total. The molecule has 28 heavy (non-hydrogen) atoms. The van der Waals surface area contributed by atoms with E-state index >= 15 is 0 Å². The van der Waals surface area contributed by atoms with E-state index in [2.05, 4.69) is 37.8 Å². The molecule has 2 atom stereocenters. The van der Waals surface area contributed by atoms with Crippen LogP contribution in [-0.2, 0) is 15.9 Å². The number of methoxy groups -OCH3 is 1. The maximum Gasteiger partial charge on any atom is 0.161 e. The number of ether oxygens (including phenoxy) is 4. The molecule has 1 saturated carbocycles. The highest BCUT2D eigenvalue weighted by Crippen LogP contribution is 2.42. The van der Waals surface area contributed by atoms with Gasteiger partial charge in [0.15, 0.2) is 11.5 Å². The molecule has 2 heterocycles. The lowest BCUT2D eigenvalue weighted by Gasteiger charge is -2.44. The Morgan fingerprint density at radius 2 is 1.79 bits per heavy atom. The number of piperidine rings is 1. The smallest absolute Gasteiger partial charge is 0.161 e. The van der Waals surface area contributed by atoms with Gasteiger partial charge >= 0.3 is 0 Å². The van der Waals surface area contributed by atoms with Gasteiger partial charge in [0.05, 0.1) is 31.5 Å². The largest absolute Gasteiger partial charge is 0.493 e. The third-order valence-electron chi connectivity index (χ3n) is 5.83. The minimum Gasteiger partial charge on any atom is -0.493 e. The molecule has 2 unspecified atom stereocenters. The molecule has 3 aliphatic rings. The Balaban J connectivity index is 1.43. The van der Waals surface area contributed by atoms with E-state index in [-0.39, 0.29) is 5.60 Å². The van der Waals surface area contributed by atoms with Crippen molar-refractivity contribution in [1.82, 2.24) is 4.90 Å². The first kappa shape index (κ1) is 20.0. The summed E-state index contributed by atoms with van der Waals surface area (Å²) in [6.45, 7) is 9.76. The second-order valence-corrected chi connectivity index (χ2v) is 9.31. The minimum absolute atomic E-state index is 0.0795. The van der Waals surface area contributed by atoms with Crippen LogP contribution in [0.25, 0.3) is 0 Å². The maximum atomic E-state index is 6.26. The Morgan fingerprint density at radius 1 is 1.00 bits per heavy atom. The minimum atomic E-state index is -0.0795. The summed E-state index contributed by atoms with van der Waals surface area (Å²) in [4.78, 5) is 2.59. The fourth-order valence-electron chi connectivity index (χ4n) is 4.48. The van der Waals surface area contributed by atoms with Gasteiger partial charge in [-0.15, -0.1) is 0 Å². The van der Waals surface area contributed by atoms with Crippen molar-refractivity contribution >= 4 is 0 Å². The summed E-state index contributed by atoms with van der Waals surface area (Å²) < 4.78 is 23.6. The van der Waals surface area contributed by atoms with E-state index < -0.39 is 0 Å². The number of benzene rings is 1. The van der Waals surface area contributed by atoms with Gasteiger partial charge in [0.2, 0.25) is 0 Å². The molecule has 0 bridgehead atoms. The molecule has 0 aromatic heterocycles. The van der Waals surface area contributed by atoms with E-state index in [1.807, 2.05) is 0 Å². The van der Waals surface area contributed by atoms with Crippen LogP contribution in [0.1, 0.15) is 63.6 Å². The van der Waals surface area contributed by atoms with Crippen molar-refractivity contribution in [3.63, 3.8) is 0 Å². The van der Waals surface area contributed by atoms with Crippen LogP contribution < -0.4 is 9.47 Å². The molecule has 156 valence electrons. The molecule has 1 aromatic rings. The van der Waals surface area contributed by atoms with Crippen molar-refractivity contribution in [2.75, 3.05) is 33.4 Å². The van der Waals surface area contributed by atoms with Gasteiger partial charge in [-0.25, -0.2) is 0 Å². The van der Waals surface area contributed by atoms with E-state index in [1.165, 1.54) is 24.0 Å². The SMILES string of the molecule is COc1cc2c(cc1OCCOC1CC1)CCN1CC(OC(C)(C)C)CCC21. The standard InChI is InChI=1S/C23H35NO4/c1-23(2,3)28-18-7-8-20-19-14-21(25-4)22(27-12-11-26-17-5-6-17)13-16(19)9-10-24(20)15-18/h13-14,17-18,20H,5-12,15H2,1-4H3. The van der Waals surface area contributed by atoms with E-state index in [0.717, 1.165) is 43.9 Å². The maximum absolute atomic E-state index is 6.26. The molecular formula is C23H35NO4. The zero-order valence-corrected chi connectivity index (χ0v) is 17.8. The summed E-state index contributed by atoms with van der Waals surface area (Å²) in [7, 11) is 1.73. The quantitative estimate of drug-likeness (QED) is 0.656. The van der Waals surface area contributed by atoms with Crippen molar-refractivity contribution in [3.05, 3.63) is 23.3 Å². The molecule has 5 heteroatoms. The predicted octanol–water partition coefficient (Wildman–Crippen LogP) is 4.13.